The summed E-state index contributed by atoms with van der Waals surface area (Å²) >= 11 is 0. The smallest absolute Gasteiger partial charge is 0.407 e. The van der Waals surface area contributed by atoms with Crippen LogP contribution in [0.15, 0.2) is 66.9 Å². The summed E-state index contributed by atoms with van der Waals surface area (Å²) in [4.78, 5) is 31.2. The average molecular weight is 502 g/mol. The van der Waals surface area contributed by atoms with Crippen molar-refractivity contribution < 1.29 is 24.2 Å². The summed E-state index contributed by atoms with van der Waals surface area (Å²) in [6.45, 7) is 5.68. The van der Waals surface area contributed by atoms with E-state index >= 15 is 0 Å². The van der Waals surface area contributed by atoms with Crippen molar-refractivity contribution in [3.8, 4) is 11.1 Å². The molecule has 3 atom stereocenters. The number of nitrogens with zero attached hydrogens (tertiary/aromatic N) is 2. The number of carbonyl (C=O) groups is 2. The van der Waals surface area contributed by atoms with Gasteiger partial charge in [0.25, 0.3) is 0 Å². The van der Waals surface area contributed by atoms with Crippen molar-refractivity contribution in [2.75, 3.05) is 24.6 Å². The highest BCUT2D eigenvalue weighted by atomic mass is 16.5. The van der Waals surface area contributed by atoms with Gasteiger partial charge in [0.2, 0.25) is 0 Å². The topological polar surface area (TPSA) is 101 Å². The molecule has 0 saturated carbocycles. The Morgan fingerprint density at radius 1 is 1.03 bits per heavy atom. The lowest BCUT2D eigenvalue weighted by Crippen LogP contribution is -2.45. The molecule has 5 rings (SSSR count). The van der Waals surface area contributed by atoms with Crippen LogP contribution in [0.2, 0.25) is 0 Å². The number of ether oxygens (including phenoxy) is 2. The minimum atomic E-state index is -1.13. The van der Waals surface area contributed by atoms with E-state index in [9.17, 15) is 14.7 Å². The van der Waals surface area contributed by atoms with Gasteiger partial charge in [-0.15, -0.1) is 0 Å². The van der Waals surface area contributed by atoms with E-state index in [2.05, 4.69) is 27.3 Å². The Morgan fingerprint density at radius 3 is 2.22 bits per heavy atom. The fourth-order valence-corrected chi connectivity index (χ4v) is 5.31. The van der Waals surface area contributed by atoms with Crippen LogP contribution in [0.1, 0.15) is 36.5 Å². The summed E-state index contributed by atoms with van der Waals surface area (Å²) in [6.07, 6.45) is 1.24. The zero-order valence-electron chi connectivity index (χ0n) is 21.0. The fraction of sp³-hybridized carbons (Fsp3) is 0.345. The molecule has 8 heteroatoms. The lowest BCUT2D eigenvalue weighted by atomic mass is 9.98. The molecule has 2 aromatic carbocycles. The summed E-state index contributed by atoms with van der Waals surface area (Å²) < 4.78 is 11.3. The number of alkyl carbamates (subject to hydrolysis) is 1. The van der Waals surface area contributed by atoms with Gasteiger partial charge < -0.3 is 24.8 Å². The quantitative estimate of drug-likeness (QED) is 0.500. The van der Waals surface area contributed by atoms with Gasteiger partial charge in [-0.25, -0.2) is 14.6 Å². The van der Waals surface area contributed by atoms with Gasteiger partial charge in [0.1, 0.15) is 18.5 Å². The number of hydrogen-bond donors (Lipinski definition) is 2. The molecule has 2 heterocycles. The molecule has 3 unspecified atom stereocenters. The first-order valence-corrected chi connectivity index (χ1v) is 12.6. The number of morpholine rings is 1. The number of benzene rings is 2. The Hall–Kier alpha value is -3.91. The van der Waals surface area contributed by atoms with Crippen LogP contribution < -0.4 is 10.2 Å². The maximum absolute atomic E-state index is 12.6. The number of carboxylic acid groups (broad SMARTS) is 1. The van der Waals surface area contributed by atoms with Crippen molar-refractivity contribution in [2.45, 2.75) is 44.4 Å². The van der Waals surface area contributed by atoms with Gasteiger partial charge in [0.15, 0.2) is 0 Å². The van der Waals surface area contributed by atoms with E-state index in [1.54, 1.807) is 6.20 Å². The predicted octanol–water partition coefficient (Wildman–Crippen LogP) is 4.23. The minimum Gasteiger partial charge on any atom is -0.480 e. The molecule has 0 spiro atoms. The van der Waals surface area contributed by atoms with Gasteiger partial charge in [0, 0.05) is 31.6 Å². The van der Waals surface area contributed by atoms with Crippen molar-refractivity contribution in [1.82, 2.24) is 10.3 Å². The Labute approximate surface area is 216 Å². The fourth-order valence-electron chi connectivity index (χ4n) is 5.31. The van der Waals surface area contributed by atoms with Crippen LogP contribution in [0.25, 0.3) is 11.1 Å². The molecule has 2 N–H and O–H groups in total. The van der Waals surface area contributed by atoms with Gasteiger partial charge in [-0.3, -0.25) is 0 Å². The van der Waals surface area contributed by atoms with E-state index in [4.69, 9.17) is 9.47 Å². The summed E-state index contributed by atoms with van der Waals surface area (Å²) in [5.41, 5.74) is 5.17. The molecule has 1 amide bonds. The van der Waals surface area contributed by atoms with Crippen molar-refractivity contribution in [3.05, 3.63) is 83.6 Å². The molecule has 1 aliphatic heterocycles. The number of nitrogens with one attached hydrogen (secondary N) is 1. The van der Waals surface area contributed by atoms with Crippen LogP contribution in [0, 0.1) is 0 Å². The second-order valence-corrected chi connectivity index (χ2v) is 9.75. The Balaban J connectivity index is 1.20. The third-order valence-electron chi connectivity index (χ3n) is 6.93. The minimum absolute atomic E-state index is 0.0937. The number of carbonyl (C=O) groups excluding carboxylic acids is 1. The van der Waals surface area contributed by atoms with Crippen LogP contribution in [-0.4, -0.2) is 60.1 Å². The number of pyridine rings is 1. The summed E-state index contributed by atoms with van der Waals surface area (Å²) in [5.74, 6) is -0.403. The van der Waals surface area contributed by atoms with Crippen LogP contribution >= 0.6 is 0 Å². The zero-order chi connectivity index (χ0) is 25.9. The van der Waals surface area contributed by atoms with Gasteiger partial charge in [-0.05, 0) is 47.7 Å². The van der Waals surface area contributed by atoms with Crippen LogP contribution in [0.5, 0.6) is 0 Å². The van der Waals surface area contributed by atoms with E-state index in [-0.39, 0.29) is 31.2 Å². The van der Waals surface area contributed by atoms with E-state index < -0.39 is 18.1 Å². The van der Waals surface area contributed by atoms with Crippen molar-refractivity contribution >= 4 is 17.9 Å². The van der Waals surface area contributed by atoms with Gasteiger partial charge in [-0.1, -0.05) is 54.6 Å². The molecule has 2 aliphatic rings. The average Bonchev–Trinajstić information content (AvgIpc) is 3.20. The normalized spacial score (nSPS) is 19.6. The van der Waals surface area contributed by atoms with Crippen molar-refractivity contribution in [3.63, 3.8) is 0 Å². The number of aliphatic carboxylic acids is 1. The lowest BCUT2D eigenvalue weighted by Gasteiger charge is -2.36. The molecule has 1 aromatic heterocycles. The highest BCUT2D eigenvalue weighted by Crippen LogP contribution is 2.44. The molecule has 3 aromatic rings. The number of carboxylic acids is 1. The highest BCUT2D eigenvalue weighted by molar-refractivity contribution is 5.81. The summed E-state index contributed by atoms with van der Waals surface area (Å²) in [6, 6.07) is 18.7. The number of fused-ring (bicyclic) bond motifs is 3. The Kier molecular flexibility index (Phi) is 7.10. The highest BCUT2D eigenvalue weighted by Gasteiger charge is 2.30. The first kappa shape index (κ1) is 24.8. The lowest BCUT2D eigenvalue weighted by molar-refractivity contribution is -0.139. The first-order valence-electron chi connectivity index (χ1n) is 12.6. The van der Waals surface area contributed by atoms with Crippen molar-refractivity contribution in [2.24, 2.45) is 0 Å². The van der Waals surface area contributed by atoms with Gasteiger partial charge in [0.05, 0.1) is 12.2 Å². The van der Waals surface area contributed by atoms with E-state index in [1.165, 1.54) is 0 Å². The van der Waals surface area contributed by atoms with E-state index in [0.717, 1.165) is 41.2 Å². The second kappa shape index (κ2) is 10.6. The molecule has 192 valence electrons. The van der Waals surface area contributed by atoms with Crippen LogP contribution in [0.4, 0.5) is 10.6 Å². The Bertz CT molecular complexity index is 1220. The molecule has 1 fully saturated rings. The standard InChI is InChI=1S/C29H31N3O5/c1-18-15-32(16-19(2)37-18)27-12-11-20(14-30-27)13-26(28(33)34)31-29(35)36-17-25-23-9-5-3-7-21(23)22-8-4-6-10-24(22)25/h3-12,14,18-19,25-26H,13,15-17H2,1-2H3,(H,31,35)(H,33,34). The number of anilines is 1. The zero-order valence-corrected chi connectivity index (χ0v) is 21.0. The summed E-state index contributed by atoms with van der Waals surface area (Å²) in [7, 11) is 0. The van der Waals surface area contributed by atoms with E-state index in [1.807, 2.05) is 62.4 Å². The molecule has 1 aliphatic carbocycles. The molecule has 0 radical (unpaired) electrons. The molecule has 8 nitrogen and oxygen atoms in total. The molecular formula is C29H31N3O5. The van der Waals surface area contributed by atoms with Crippen molar-refractivity contribution in [1.29, 1.82) is 0 Å². The summed E-state index contributed by atoms with van der Waals surface area (Å²) in [5, 5.41) is 12.2. The van der Waals surface area contributed by atoms with E-state index in [0.29, 0.717) is 5.56 Å². The maximum Gasteiger partial charge on any atom is 0.407 e. The maximum atomic E-state index is 12.6. The van der Waals surface area contributed by atoms with Crippen LogP contribution in [0.3, 0.4) is 0 Å². The monoisotopic (exact) mass is 501 g/mol. The first-order chi connectivity index (χ1) is 17.9. The molecule has 0 bridgehead atoms. The van der Waals surface area contributed by atoms with Gasteiger partial charge >= 0.3 is 12.1 Å². The molecular weight excluding hydrogens is 470 g/mol. The molecule has 37 heavy (non-hydrogen) atoms. The predicted molar refractivity (Wildman–Crippen MR) is 140 cm³/mol. The molecule has 1 saturated heterocycles. The number of aromatic nitrogens is 1. The third-order valence-corrected chi connectivity index (χ3v) is 6.93. The number of hydrogen-bond acceptors (Lipinski definition) is 6. The largest absolute Gasteiger partial charge is 0.480 e. The third kappa shape index (κ3) is 5.44. The van der Waals surface area contributed by atoms with Gasteiger partial charge in [-0.2, -0.15) is 0 Å². The number of rotatable bonds is 7. The number of amides is 1. The Morgan fingerprint density at radius 2 is 1.65 bits per heavy atom. The SMILES string of the molecule is CC1CN(c2ccc(CC(NC(=O)OCC3c4ccccc4-c4ccccc43)C(=O)O)cn2)CC(C)O1. The van der Waals surface area contributed by atoms with Crippen LogP contribution in [-0.2, 0) is 20.7 Å². The second-order valence-electron chi connectivity index (χ2n) is 9.75.